The third-order valence-electron chi connectivity index (χ3n) is 2.60. The lowest BCUT2D eigenvalue weighted by atomic mass is 9.87. The SMILES string of the molecule is CC(C)C(C(=O)O)c1ccc(C(F)(F)F)cc1F. The highest BCUT2D eigenvalue weighted by Crippen LogP contribution is 2.33. The molecule has 1 unspecified atom stereocenters. The monoisotopic (exact) mass is 264 g/mol. The highest BCUT2D eigenvalue weighted by Gasteiger charge is 2.33. The first-order chi connectivity index (χ1) is 8.14. The van der Waals surface area contributed by atoms with Crippen LogP contribution in [0.1, 0.15) is 30.9 Å². The highest BCUT2D eigenvalue weighted by atomic mass is 19.4. The molecule has 0 saturated heterocycles. The molecule has 1 aromatic rings. The predicted molar refractivity (Wildman–Crippen MR) is 56.6 cm³/mol. The van der Waals surface area contributed by atoms with E-state index in [1.807, 2.05) is 0 Å². The lowest BCUT2D eigenvalue weighted by Gasteiger charge is -2.18. The summed E-state index contributed by atoms with van der Waals surface area (Å²) in [4.78, 5) is 11.0. The number of benzene rings is 1. The van der Waals surface area contributed by atoms with Crippen LogP contribution in [0.15, 0.2) is 18.2 Å². The second-order valence-corrected chi connectivity index (χ2v) is 4.29. The van der Waals surface area contributed by atoms with Gasteiger partial charge < -0.3 is 5.11 Å². The average molecular weight is 264 g/mol. The van der Waals surface area contributed by atoms with Crippen molar-refractivity contribution in [2.24, 2.45) is 5.92 Å². The van der Waals surface area contributed by atoms with Gasteiger partial charge in [0.15, 0.2) is 0 Å². The maximum Gasteiger partial charge on any atom is 0.416 e. The van der Waals surface area contributed by atoms with Gasteiger partial charge >= 0.3 is 12.1 Å². The van der Waals surface area contributed by atoms with Crippen molar-refractivity contribution in [3.63, 3.8) is 0 Å². The molecule has 0 saturated carbocycles. The van der Waals surface area contributed by atoms with Gasteiger partial charge in [0.05, 0.1) is 11.5 Å². The molecule has 100 valence electrons. The summed E-state index contributed by atoms with van der Waals surface area (Å²) in [6.07, 6.45) is -4.64. The number of alkyl halides is 3. The van der Waals surface area contributed by atoms with E-state index in [0.717, 1.165) is 6.07 Å². The normalized spacial score (nSPS) is 13.7. The Hall–Kier alpha value is -1.59. The highest BCUT2D eigenvalue weighted by molar-refractivity contribution is 5.76. The van der Waals surface area contributed by atoms with Gasteiger partial charge in [-0.3, -0.25) is 4.79 Å². The Kier molecular flexibility index (Phi) is 3.98. The summed E-state index contributed by atoms with van der Waals surface area (Å²) in [5, 5.41) is 8.96. The maximum atomic E-state index is 13.6. The molecule has 6 heteroatoms. The van der Waals surface area contributed by atoms with E-state index in [9.17, 15) is 22.4 Å². The van der Waals surface area contributed by atoms with Crippen molar-refractivity contribution >= 4 is 5.97 Å². The van der Waals surface area contributed by atoms with Gasteiger partial charge in [-0.2, -0.15) is 13.2 Å². The minimum Gasteiger partial charge on any atom is -0.481 e. The third-order valence-corrected chi connectivity index (χ3v) is 2.60. The van der Waals surface area contributed by atoms with E-state index < -0.39 is 35.4 Å². The number of hydrogen-bond donors (Lipinski definition) is 1. The Bertz CT molecular complexity index is 452. The van der Waals surface area contributed by atoms with Crippen LogP contribution >= 0.6 is 0 Å². The maximum absolute atomic E-state index is 13.6. The van der Waals surface area contributed by atoms with Gasteiger partial charge in [-0.15, -0.1) is 0 Å². The van der Waals surface area contributed by atoms with Crippen molar-refractivity contribution in [2.75, 3.05) is 0 Å². The number of aliphatic carboxylic acids is 1. The smallest absolute Gasteiger partial charge is 0.416 e. The van der Waals surface area contributed by atoms with Gasteiger partial charge in [0.1, 0.15) is 5.82 Å². The largest absolute Gasteiger partial charge is 0.481 e. The first-order valence-electron chi connectivity index (χ1n) is 5.24. The molecule has 18 heavy (non-hydrogen) atoms. The minimum atomic E-state index is -4.64. The Morgan fingerprint density at radius 1 is 1.28 bits per heavy atom. The van der Waals surface area contributed by atoms with Crippen LogP contribution < -0.4 is 0 Å². The lowest BCUT2D eigenvalue weighted by Crippen LogP contribution is -2.19. The van der Waals surface area contributed by atoms with E-state index in [4.69, 9.17) is 5.11 Å². The van der Waals surface area contributed by atoms with Gasteiger partial charge in [0, 0.05) is 5.56 Å². The summed E-state index contributed by atoms with van der Waals surface area (Å²) >= 11 is 0. The van der Waals surface area contributed by atoms with Crippen LogP contribution in [0.25, 0.3) is 0 Å². The fraction of sp³-hybridized carbons (Fsp3) is 0.417. The number of carboxylic acid groups (broad SMARTS) is 1. The second-order valence-electron chi connectivity index (χ2n) is 4.29. The zero-order valence-electron chi connectivity index (χ0n) is 9.75. The van der Waals surface area contributed by atoms with Gasteiger partial charge in [0.25, 0.3) is 0 Å². The Balaban J connectivity index is 3.24. The fourth-order valence-electron chi connectivity index (χ4n) is 1.73. The molecule has 1 rings (SSSR count). The third kappa shape index (κ3) is 3.00. The summed E-state index contributed by atoms with van der Waals surface area (Å²) in [5.41, 5.74) is -1.36. The van der Waals surface area contributed by atoms with Crippen molar-refractivity contribution < 1.29 is 27.5 Å². The molecule has 0 amide bonds. The number of carbonyl (C=O) groups is 1. The van der Waals surface area contributed by atoms with E-state index in [2.05, 4.69) is 0 Å². The number of carboxylic acids is 1. The summed E-state index contributed by atoms with van der Waals surface area (Å²) in [5.74, 6) is -3.99. The van der Waals surface area contributed by atoms with Gasteiger partial charge in [-0.05, 0) is 18.1 Å². The van der Waals surface area contributed by atoms with E-state index in [1.165, 1.54) is 0 Å². The predicted octanol–water partition coefficient (Wildman–Crippen LogP) is 3.67. The van der Waals surface area contributed by atoms with Crippen LogP contribution in [0.3, 0.4) is 0 Å². The molecule has 0 aliphatic carbocycles. The number of hydrogen-bond acceptors (Lipinski definition) is 1. The molecule has 0 radical (unpaired) electrons. The molecule has 1 N–H and O–H groups in total. The molecular formula is C12H12F4O2. The van der Waals surface area contributed by atoms with Gasteiger partial charge in [0.2, 0.25) is 0 Å². The van der Waals surface area contributed by atoms with Crippen LogP contribution in [-0.4, -0.2) is 11.1 Å². The van der Waals surface area contributed by atoms with E-state index in [1.54, 1.807) is 13.8 Å². The topological polar surface area (TPSA) is 37.3 Å². The van der Waals surface area contributed by atoms with Crippen molar-refractivity contribution in [3.8, 4) is 0 Å². The number of halogens is 4. The molecule has 0 spiro atoms. The van der Waals surface area contributed by atoms with Gasteiger partial charge in [-0.25, -0.2) is 4.39 Å². The van der Waals surface area contributed by atoms with E-state index in [0.29, 0.717) is 12.1 Å². The first-order valence-corrected chi connectivity index (χ1v) is 5.24. The summed E-state index contributed by atoms with van der Waals surface area (Å²) in [6, 6.07) is 1.90. The minimum absolute atomic E-state index is 0.231. The molecule has 0 bridgehead atoms. The molecule has 1 atom stereocenters. The van der Waals surface area contributed by atoms with Crippen molar-refractivity contribution in [2.45, 2.75) is 25.9 Å². The quantitative estimate of drug-likeness (QED) is 0.846. The average Bonchev–Trinajstić information content (AvgIpc) is 2.18. The molecule has 0 aromatic heterocycles. The first kappa shape index (κ1) is 14.5. The molecule has 2 nitrogen and oxygen atoms in total. The number of rotatable bonds is 3. The second kappa shape index (κ2) is 4.96. The zero-order valence-corrected chi connectivity index (χ0v) is 9.75. The molecule has 0 fully saturated rings. The van der Waals surface area contributed by atoms with Crippen molar-refractivity contribution in [3.05, 3.63) is 35.1 Å². The summed E-state index contributed by atoms with van der Waals surface area (Å²) in [6.45, 7) is 3.13. The molecule has 0 aliphatic rings. The van der Waals surface area contributed by atoms with Crippen LogP contribution in [0, 0.1) is 11.7 Å². The van der Waals surface area contributed by atoms with Gasteiger partial charge in [-0.1, -0.05) is 19.9 Å². The standard InChI is InChI=1S/C12H12F4O2/c1-6(2)10(11(17)18)8-4-3-7(5-9(8)13)12(14,15)16/h3-6,10H,1-2H3,(H,17,18). The van der Waals surface area contributed by atoms with Crippen LogP contribution in [0.2, 0.25) is 0 Å². The molecular weight excluding hydrogens is 252 g/mol. The molecule has 0 heterocycles. The summed E-state index contributed by atoms with van der Waals surface area (Å²) < 4.78 is 50.6. The lowest BCUT2D eigenvalue weighted by molar-refractivity contribution is -0.140. The van der Waals surface area contributed by atoms with E-state index in [-0.39, 0.29) is 5.56 Å². The molecule has 0 aliphatic heterocycles. The molecule has 1 aromatic carbocycles. The Morgan fingerprint density at radius 2 is 1.83 bits per heavy atom. The van der Waals surface area contributed by atoms with Crippen LogP contribution in [0.4, 0.5) is 17.6 Å². The van der Waals surface area contributed by atoms with Crippen LogP contribution in [0.5, 0.6) is 0 Å². The van der Waals surface area contributed by atoms with E-state index >= 15 is 0 Å². The summed E-state index contributed by atoms with van der Waals surface area (Å²) in [7, 11) is 0. The Labute approximate surface area is 101 Å². The van der Waals surface area contributed by atoms with Crippen LogP contribution in [-0.2, 0) is 11.0 Å². The fourth-order valence-corrected chi connectivity index (χ4v) is 1.73. The zero-order chi connectivity index (χ0) is 14.1. The van der Waals surface area contributed by atoms with Crippen molar-refractivity contribution in [1.29, 1.82) is 0 Å². The Morgan fingerprint density at radius 3 is 2.17 bits per heavy atom. The van der Waals surface area contributed by atoms with Crippen molar-refractivity contribution in [1.82, 2.24) is 0 Å².